The molecule has 1 aliphatic rings. The van der Waals surface area contributed by atoms with Crippen molar-refractivity contribution >= 4 is 21.5 Å². The van der Waals surface area contributed by atoms with Crippen LogP contribution in [0.2, 0.25) is 0 Å². The van der Waals surface area contributed by atoms with Crippen LogP contribution in [0.5, 0.6) is 0 Å². The van der Waals surface area contributed by atoms with Crippen LogP contribution in [0.1, 0.15) is 25.0 Å². The molecule has 0 saturated heterocycles. The van der Waals surface area contributed by atoms with Crippen LogP contribution in [0.25, 0.3) is 100.0 Å². The third-order valence-electron chi connectivity index (χ3n) is 12.3. The molecule has 1 aliphatic carbocycles. The molecule has 0 amide bonds. The molecule has 0 unspecified atom stereocenters. The summed E-state index contributed by atoms with van der Waals surface area (Å²) in [6.07, 6.45) is 0. The molecule has 1 aromatic heterocycles. The van der Waals surface area contributed by atoms with Gasteiger partial charge < -0.3 is 0 Å². The van der Waals surface area contributed by atoms with E-state index in [1.54, 1.807) is 0 Å². The summed E-state index contributed by atoms with van der Waals surface area (Å²) in [5, 5.41) is 4.99. The molecular weight excluding hydrogens is 713 g/mol. The van der Waals surface area contributed by atoms with Crippen LogP contribution < -0.4 is 0 Å². The Morgan fingerprint density at radius 1 is 0.322 bits per heavy atom. The maximum absolute atomic E-state index is 5.32. The van der Waals surface area contributed by atoms with Crippen LogP contribution >= 0.6 is 0 Å². The van der Waals surface area contributed by atoms with Gasteiger partial charge in [0.2, 0.25) is 0 Å². The van der Waals surface area contributed by atoms with Crippen molar-refractivity contribution in [1.29, 1.82) is 0 Å². The van der Waals surface area contributed by atoms with Crippen LogP contribution in [-0.4, -0.2) is 9.97 Å². The normalized spacial score (nSPS) is 12.7. The van der Waals surface area contributed by atoms with Crippen LogP contribution in [-0.2, 0) is 5.41 Å². The molecule has 0 fully saturated rings. The van der Waals surface area contributed by atoms with E-state index in [9.17, 15) is 0 Å². The van der Waals surface area contributed by atoms with Crippen molar-refractivity contribution in [1.82, 2.24) is 9.97 Å². The first-order chi connectivity index (χ1) is 29.0. The molecule has 0 saturated carbocycles. The Bertz CT molecular complexity index is 3100. The zero-order chi connectivity index (χ0) is 39.5. The first kappa shape index (κ1) is 34.8. The van der Waals surface area contributed by atoms with Crippen molar-refractivity contribution in [3.05, 3.63) is 217 Å². The Morgan fingerprint density at radius 2 is 0.797 bits per heavy atom. The van der Waals surface area contributed by atoms with E-state index in [0.717, 1.165) is 39.0 Å². The third-order valence-corrected chi connectivity index (χ3v) is 12.3. The summed E-state index contributed by atoms with van der Waals surface area (Å²) in [6, 6.07) is 74.2. The minimum absolute atomic E-state index is 0.135. The Balaban J connectivity index is 1.03. The lowest BCUT2D eigenvalue weighted by Crippen LogP contribution is -2.15. The average Bonchev–Trinajstić information content (AvgIpc) is 3.54. The lowest BCUT2D eigenvalue weighted by atomic mass is 9.79. The fourth-order valence-corrected chi connectivity index (χ4v) is 9.31. The van der Waals surface area contributed by atoms with Gasteiger partial charge in [-0.1, -0.05) is 208 Å². The standard InChI is InChI=1S/C57H40N2/c1-57(2)52-35-44(30-31-49(52)51-32-29-41-17-9-10-18-46(41)55(51)57)45-33-34-50(48-20-12-11-19-47(45)48)54-36-53(42-25-21-39(22-26-42)37-13-5-3-6-14-37)58-56(59-54)43-27-23-40(24-28-43)38-15-7-4-8-16-38/h3-36H,1-2H3. The van der Waals surface area contributed by atoms with E-state index >= 15 is 0 Å². The third kappa shape index (κ3) is 5.96. The van der Waals surface area contributed by atoms with Gasteiger partial charge in [-0.3, -0.25) is 0 Å². The smallest absolute Gasteiger partial charge is 0.160 e. The van der Waals surface area contributed by atoms with E-state index < -0.39 is 0 Å². The Kier molecular flexibility index (Phi) is 8.20. The van der Waals surface area contributed by atoms with E-state index in [-0.39, 0.29) is 5.41 Å². The zero-order valence-electron chi connectivity index (χ0n) is 33.0. The molecule has 278 valence electrons. The van der Waals surface area contributed by atoms with Crippen LogP contribution in [0.15, 0.2) is 206 Å². The Hall–Kier alpha value is -7.42. The number of fused-ring (bicyclic) bond motifs is 6. The molecule has 0 radical (unpaired) electrons. The molecule has 2 heteroatoms. The second-order valence-corrected chi connectivity index (χ2v) is 16.1. The number of benzene rings is 9. The van der Waals surface area contributed by atoms with Gasteiger partial charge in [-0.2, -0.15) is 0 Å². The van der Waals surface area contributed by atoms with Crippen LogP contribution in [0.4, 0.5) is 0 Å². The average molecular weight is 753 g/mol. The molecule has 0 bridgehead atoms. The van der Waals surface area contributed by atoms with E-state index in [4.69, 9.17) is 9.97 Å². The minimum Gasteiger partial charge on any atom is -0.228 e. The number of aromatic nitrogens is 2. The van der Waals surface area contributed by atoms with Crippen molar-refractivity contribution in [2.45, 2.75) is 19.3 Å². The number of hydrogen-bond donors (Lipinski definition) is 0. The molecule has 0 spiro atoms. The van der Waals surface area contributed by atoms with Crippen LogP contribution in [0.3, 0.4) is 0 Å². The van der Waals surface area contributed by atoms with Gasteiger partial charge in [-0.15, -0.1) is 0 Å². The van der Waals surface area contributed by atoms with Gasteiger partial charge in [0.25, 0.3) is 0 Å². The molecule has 10 aromatic rings. The molecule has 0 N–H and O–H groups in total. The number of nitrogens with zero attached hydrogens (tertiary/aromatic N) is 2. The molecular formula is C57H40N2. The van der Waals surface area contributed by atoms with E-state index in [1.165, 1.54) is 66.2 Å². The van der Waals surface area contributed by atoms with Crippen molar-refractivity contribution in [2.75, 3.05) is 0 Å². The molecule has 9 aromatic carbocycles. The minimum atomic E-state index is -0.135. The van der Waals surface area contributed by atoms with Gasteiger partial charge >= 0.3 is 0 Å². The lowest BCUT2D eigenvalue weighted by molar-refractivity contribution is 0.666. The lowest BCUT2D eigenvalue weighted by Gasteiger charge is -2.24. The van der Waals surface area contributed by atoms with Gasteiger partial charge in [-0.25, -0.2) is 9.97 Å². The van der Waals surface area contributed by atoms with Crippen molar-refractivity contribution in [3.8, 4) is 78.4 Å². The summed E-state index contributed by atoms with van der Waals surface area (Å²) in [5.74, 6) is 0.699. The van der Waals surface area contributed by atoms with E-state index in [1.807, 2.05) is 0 Å². The highest BCUT2D eigenvalue weighted by Gasteiger charge is 2.37. The summed E-state index contributed by atoms with van der Waals surface area (Å²) in [5.41, 5.74) is 17.4. The number of hydrogen-bond acceptors (Lipinski definition) is 2. The molecule has 59 heavy (non-hydrogen) atoms. The molecule has 0 atom stereocenters. The summed E-state index contributed by atoms with van der Waals surface area (Å²) in [4.78, 5) is 10.5. The first-order valence-electron chi connectivity index (χ1n) is 20.4. The SMILES string of the molecule is CC1(C)c2cc(-c3ccc(-c4cc(-c5ccc(-c6ccccc6)cc5)nc(-c5ccc(-c6ccccc6)cc5)n4)c4ccccc34)ccc2-c2ccc3ccccc3c21. The summed E-state index contributed by atoms with van der Waals surface area (Å²) < 4.78 is 0. The van der Waals surface area contributed by atoms with Crippen molar-refractivity contribution in [2.24, 2.45) is 0 Å². The van der Waals surface area contributed by atoms with Crippen molar-refractivity contribution < 1.29 is 0 Å². The van der Waals surface area contributed by atoms with Gasteiger partial charge in [0, 0.05) is 22.1 Å². The highest BCUT2D eigenvalue weighted by molar-refractivity contribution is 6.06. The molecule has 11 rings (SSSR count). The molecule has 2 nitrogen and oxygen atoms in total. The van der Waals surface area contributed by atoms with Crippen molar-refractivity contribution in [3.63, 3.8) is 0 Å². The van der Waals surface area contributed by atoms with E-state index in [0.29, 0.717) is 5.82 Å². The van der Waals surface area contributed by atoms with Gasteiger partial charge in [0.15, 0.2) is 5.82 Å². The largest absolute Gasteiger partial charge is 0.228 e. The van der Waals surface area contributed by atoms with Gasteiger partial charge in [0.1, 0.15) is 0 Å². The molecule has 1 heterocycles. The predicted octanol–water partition coefficient (Wildman–Crippen LogP) is 15.1. The second-order valence-electron chi connectivity index (χ2n) is 16.1. The fourth-order valence-electron chi connectivity index (χ4n) is 9.31. The fraction of sp³-hybridized carbons (Fsp3) is 0.0526. The Labute approximate surface area is 345 Å². The first-order valence-corrected chi connectivity index (χ1v) is 20.4. The Morgan fingerprint density at radius 3 is 1.47 bits per heavy atom. The predicted molar refractivity (Wildman–Crippen MR) is 247 cm³/mol. The van der Waals surface area contributed by atoms with Gasteiger partial charge in [-0.05, 0) is 89.3 Å². The van der Waals surface area contributed by atoms with Gasteiger partial charge in [0.05, 0.1) is 11.4 Å². The van der Waals surface area contributed by atoms with Crippen LogP contribution in [0, 0.1) is 0 Å². The summed E-state index contributed by atoms with van der Waals surface area (Å²) >= 11 is 0. The quantitative estimate of drug-likeness (QED) is 0.169. The maximum atomic E-state index is 5.32. The topological polar surface area (TPSA) is 25.8 Å². The highest BCUT2D eigenvalue weighted by atomic mass is 14.9. The summed E-state index contributed by atoms with van der Waals surface area (Å²) in [7, 11) is 0. The summed E-state index contributed by atoms with van der Waals surface area (Å²) in [6.45, 7) is 4.76. The number of rotatable bonds is 6. The highest BCUT2D eigenvalue weighted by Crippen LogP contribution is 2.52. The maximum Gasteiger partial charge on any atom is 0.160 e. The monoisotopic (exact) mass is 752 g/mol. The van der Waals surface area contributed by atoms with E-state index in [2.05, 4.69) is 220 Å². The zero-order valence-corrected chi connectivity index (χ0v) is 33.0. The molecule has 0 aliphatic heterocycles. The second kappa shape index (κ2) is 13.9.